The fourth-order valence-electron chi connectivity index (χ4n) is 4.02. The lowest BCUT2D eigenvalue weighted by Gasteiger charge is -2.33. The Morgan fingerprint density at radius 2 is 1.71 bits per heavy atom. The molecule has 1 saturated heterocycles. The van der Waals surface area contributed by atoms with Crippen LogP contribution in [0.2, 0.25) is 0 Å². The highest BCUT2D eigenvalue weighted by atomic mass is 32.2. The van der Waals surface area contributed by atoms with Crippen LogP contribution in [0.5, 0.6) is 11.5 Å². The Morgan fingerprint density at radius 3 is 2.40 bits per heavy atom. The maximum atomic E-state index is 13.3. The summed E-state index contributed by atoms with van der Waals surface area (Å²) >= 11 is 0. The van der Waals surface area contributed by atoms with Gasteiger partial charge in [0.05, 0.1) is 18.6 Å². The maximum Gasteiger partial charge on any atom is 0.242 e. The number of hydrogen-bond donors (Lipinski definition) is 1. The van der Waals surface area contributed by atoms with Gasteiger partial charge in [-0.2, -0.15) is 0 Å². The molecule has 2 aromatic carbocycles. The van der Waals surface area contributed by atoms with Crippen molar-refractivity contribution in [2.75, 3.05) is 31.7 Å². The van der Waals surface area contributed by atoms with E-state index in [2.05, 4.69) is 10.3 Å². The first-order chi connectivity index (χ1) is 16.9. The Balaban J connectivity index is 1.43. The molecule has 1 unspecified atom stereocenters. The number of sulfone groups is 1. The number of benzene rings is 2. The summed E-state index contributed by atoms with van der Waals surface area (Å²) in [7, 11) is -1.47. The smallest absolute Gasteiger partial charge is 0.242 e. The van der Waals surface area contributed by atoms with Gasteiger partial charge in [0.2, 0.25) is 5.91 Å². The second-order valence-corrected chi connectivity index (χ2v) is 10.7. The van der Waals surface area contributed by atoms with Gasteiger partial charge in [0, 0.05) is 32.0 Å². The molecule has 1 atom stereocenters. The molecule has 1 fully saturated rings. The molecule has 1 aromatic heterocycles. The number of aromatic nitrogens is 1. The van der Waals surface area contributed by atoms with Gasteiger partial charge in [-0.05, 0) is 41.0 Å². The number of ether oxygens (including phenoxy) is 2. The van der Waals surface area contributed by atoms with Gasteiger partial charge in [0.25, 0.3) is 0 Å². The van der Waals surface area contributed by atoms with Crippen LogP contribution in [0.3, 0.4) is 0 Å². The summed E-state index contributed by atoms with van der Waals surface area (Å²) in [5, 5.41) is 3.01. The lowest BCUT2D eigenvalue weighted by molar-refractivity contribution is -0.126. The Labute approximate surface area is 205 Å². The van der Waals surface area contributed by atoms with Crippen molar-refractivity contribution in [1.29, 1.82) is 0 Å². The summed E-state index contributed by atoms with van der Waals surface area (Å²) in [4.78, 5) is 19.2. The van der Waals surface area contributed by atoms with E-state index in [1.807, 2.05) is 65.6 Å². The molecule has 1 N–H and O–H groups in total. The zero-order valence-electron chi connectivity index (χ0n) is 19.6. The average Bonchev–Trinajstić information content (AvgIpc) is 2.88. The summed E-state index contributed by atoms with van der Waals surface area (Å²) in [5.41, 5.74) is 2.69. The molecule has 3 aromatic rings. The lowest BCUT2D eigenvalue weighted by Crippen LogP contribution is -2.47. The Morgan fingerprint density at radius 1 is 1.00 bits per heavy atom. The zero-order chi connectivity index (χ0) is 24.7. The molecule has 35 heavy (non-hydrogen) atoms. The quantitative estimate of drug-likeness (QED) is 0.487. The van der Waals surface area contributed by atoms with Gasteiger partial charge < -0.3 is 14.8 Å². The fraction of sp³-hybridized carbons (Fsp3) is 0.308. The molecular weight excluding hydrogens is 466 g/mol. The number of nitrogens with one attached hydrogen (secondary N) is 1. The summed E-state index contributed by atoms with van der Waals surface area (Å²) < 4.78 is 35.2. The van der Waals surface area contributed by atoms with Crippen LogP contribution >= 0.6 is 0 Å². The standard InChI is InChI=1S/C26H29N3O5S/c1-33-24-17-21(7-8-23(24)34-19-20-9-11-27-12-10-20)18-28-26(30)25(22-5-3-2-4-6-22)29-13-15-35(31,32)16-14-29/h2-12,17,25H,13-16,18-19H2,1H3,(H,28,30). The topological polar surface area (TPSA) is 97.8 Å². The van der Waals surface area contributed by atoms with E-state index in [0.29, 0.717) is 37.7 Å². The molecule has 0 spiro atoms. The highest BCUT2D eigenvalue weighted by Gasteiger charge is 2.32. The number of rotatable bonds is 9. The molecule has 1 aliphatic heterocycles. The number of pyridine rings is 1. The molecule has 0 bridgehead atoms. The number of amides is 1. The van der Waals surface area contributed by atoms with Crippen molar-refractivity contribution in [3.05, 3.63) is 89.7 Å². The summed E-state index contributed by atoms with van der Waals surface area (Å²) in [6.45, 7) is 1.34. The third-order valence-electron chi connectivity index (χ3n) is 5.95. The van der Waals surface area contributed by atoms with E-state index in [4.69, 9.17) is 9.47 Å². The van der Waals surface area contributed by atoms with E-state index >= 15 is 0 Å². The molecule has 184 valence electrons. The molecular formula is C26H29N3O5S. The largest absolute Gasteiger partial charge is 0.493 e. The highest BCUT2D eigenvalue weighted by molar-refractivity contribution is 7.91. The first-order valence-electron chi connectivity index (χ1n) is 11.4. The highest BCUT2D eigenvalue weighted by Crippen LogP contribution is 2.29. The molecule has 8 nitrogen and oxygen atoms in total. The molecule has 2 heterocycles. The fourth-order valence-corrected chi connectivity index (χ4v) is 5.24. The minimum atomic E-state index is -3.05. The number of carbonyl (C=O) groups excluding carboxylic acids is 1. The third kappa shape index (κ3) is 6.58. The Hall–Kier alpha value is -3.43. The van der Waals surface area contributed by atoms with E-state index < -0.39 is 15.9 Å². The predicted octanol–water partition coefficient (Wildman–Crippen LogP) is 2.76. The van der Waals surface area contributed by atoms with Crippen LogP contribution in [0.25, 0.3) is 0 Å². The summed E-state index contributed by atoms with van der Waals surface area (Å²) in [6, 6.07) is 18.2. The summed E-state index contributed by atoms with van der Waals surface area (Å²) in [6.07, 6.45) is 3.43. The van der Waals surface area contributed by atoms with Gasteiger partial charge in [-0.25, -0.2) is 8.42 Å². The number of methoxy groups -OCH3 is 1. The van der Waals surface area contributed by atoms with Gasteiger partial charge in [0.1, 0.15) is 12.6 Å². The van der Waals surface area contributed by atoms with Crippen LogP contribution in [0.4, 0.5) is 0 Å². The van der Waals surface area contributed by atoms with Gasteiger partial charge in [-0.1, -0.05) is 36.4 Å². The molecule has 1 amide bonds. The van der Waals surface area contributed by atoms with E-state index in [-0.39, 0.29) is 17.4 Å². The number of hydrogen-bond acceptors (Lipinski definition) is 7. The van der Waals surface area contributed by atoms with Crippen LogP contribution in [-0.4, -0.2) is 55.9 Å². The van der Waals surface area contributed by atoms with Gasteiger partial charge in [-0.15, -0.1) is 0 Å². The van der Waals surface area contributed by atoms with Crippen molar-refractivity contribution in [2.45, 2.75) is 19.2 Å². The van der Waals surface area contributed by atoms with Gasteiger partial charge in [0.15, 0.2) is 21.3 Å². The lowest BCUT2D eigenvalue weighted by atomic mass is 10.0. The van der Waals surface area contributed by atoms with Crippen molar-refractivity contribution >= 4 is 15.7 Å². The first-order valence-corrected chi connectivity index (χ1v) is 13.2. The molecule has 0 aliphatic carbocycles. The average molecular weight is 496 g/mol. The van der Waals surface area contributed by atoms with E-state index in [1.54, 1.807) is 19.5 Å². The minimum Gasteiger partial charge on any atom is -0.493 e. The number of nitrogens with zero attached hydrogens (tertiary/aromatic N) is 2. The van der Waals surface area contributed by atoms with Crippen LogP contribution in [0.1, 0.15) is 22.7 Å². The van der Waals surface area contributed by atoms with Crippen molar-refractivity contribution in [2.24, 2.45) is 0 Å². The van der Waals surface area contributed by atoms with Gasteiger partial charge in [-0.3, -0.25) is 14.7 Å². The molecule has 4 rings (SSSR count). The SMILES string of the molecule is COc1cc(CNC(=O)C(c2ccccc2)N2CCS(=O)(=O)CC2)ccc1OCc1ccncc1. The molecule has 0 saturated carbocycles. The van der Waals surface area contributed by atoms with E-state index in [9.17, 15) is 13.2 Å². The Bertz CT molecular complexity index is 1220. The van der Waals surface area contributed by atoms with Crippen LogP contribution in [0.15, 0.2) is 73.1 Å². The molecule has 0 radical (unpaired) electrons. The second-order valence-electron chi connectivity index (χ2n) is 8.35. The van der Waals surface area contributed by atoms with Gasteiger partial charge >= 0.3 is 0 Å². The van der Waals surface area contributed by atoms with Crippen LogP contribution < -0.4 is 14.8 Å². The second kappa shape index (κ2) is 11.3. The zero-order valence-corrected chi connectivity index (χ0v) is 20.4. The van der Waals surface area contributed by atoms with E-state index in [1.165, 1.54) is 0 Å². The van der Waals surface area contributed by atoms with Crippen molar-refractivity contribution < 1.29 is 22.7 Å². The normalized spacial score (nSPS) is 16.3. The third-order valence-corrected chi connectivity index (χ3v) is 7.56. The van der Waals surface area contributed by atoms with Crippen LogP contribution in [-0.2, 0) is 27.8 Å². The first kappa shape index (κ1) is 24.7. The predicted molar refractivity (Wildman–Crippen MR) is 133 cm³/mol. The van der Waals surface area contributed by atoms with Crippen molar-refractivity contribution in [3.63, 3.8) is 0 Å². The maximum absolute atomic E-state index is 13.3. The molecule has 9 heteroatoms. The van der Waals surface area contributed by atoms with Crippen molar-refractivity contribution in [3.8, 4) is 11.5 Å². The van der Waals surface area contributed by atoms with E-state index in [0.717, 1.165) is 16.7 Å². The molecule has 1 aliphatic rings. The van der Waals surface area contributed by atoms with Crippen LogP contribution in [0, 0.1) is 0 Å². The van der Waals surface area contributed by atoms with Crippen molar-refractivity contribution in [1.82, 2.24) is 15.2 Å². The summed E-state index contributed by atoms with van der Waals surface area (Å²) in [5.74, 6) is 1.12. The minimum absolute atomic E-state index is 0.0573. The Kier molecular flexibility index (Phi) is 7.99. The monoisotopic (exact) mass is 495 g/mol. The number of carbonyl (C=O) groups is 1.